The van der Waals surface area contributed by atoms with Crippen molar-refractivity contribution in [3.8, 4) is 5.75 Å². The highest BCUT2D eigenvalue weighted by molar-refractivity contribution is 9.10. The summed E-state index contributed by atoms with van der Waals surface area (Å²) in [6.45, 7) is 0. The van der Waals surface area contributed by atoms with Crippen LogP contribution in [0, 0.1) is 0 Å². The number of nitrogens with one attached hydrogen (secondary N) is 1. The third kappa shape index (κ3) is 3.21. The minimum absolute atomic E-state index is 0.0310. The summed E-state index contributed by atoms with van der Waals surface area (Å²) in [5.41, 5.74) is 0.737. The van der Waals surface area contributed by atoms with E-state index in [4.69, 9.17) is 23.2 Å². The number of hydrogen-bond donors (Lipinski definition) is 2. The van der Waals surface area contributed by atoms with Crippen LogP contribution in [0.5, 0.6) is 5.75 Å². The van der Waals surface area contributed by atoms with E-state index in [1.807, 2.05) is 0 Å². The van der Waals surface area contributed by atoms with Crippen molar-refractivity contribution in [2.24, 2.45) is 0 Å². The molecule has 19 heavy (non-hydrogen) atoms. The van der Waals surface area contributed by atoms with Crippen LogP contribution in [0.2, 0.25) is 10.0 Å². The molecule has 0 radical (unpaired) electrons. The molecule has 0 bridgehead atoms. The zero-order valence-electron chi connectivity index (χ0n) is 9.45. The first-order valence-corrected chi connectivity index (χ1v) is 6.78. The maximum absolute atomic E-state index is 12.1. The van der Waals surface area contributed by atoms with Crippen LogP contribution in [0.15, 0.2) is 40.9 Å². The van der Waals surface area contributed by atoms with Crippen molar-refractivity contribution in [2.75, 3.05) is 5.32 Å². The lowest BCUT2D eigenvalue weighted by molar-refractivity contribution is 0.102. The molecule has 0 unspecified atom stereocenters. The number of aromatic hydroxyl groups is 1. The van der Waals surface area contributed by atoms with Crippen LogP contribution in [0.4, 0.5) is 5.69 Å². The Hall–Kier alpha value is -1.23. The molecule has 3 nitrogen and oxygen atoms in total. The topological polar surface area (TPSA) is 49.3 Å². The summed E-state index contributed by atoms with van der Waals surface area (Å²) in [5, 5.41) is 12.5. The van der Waals surface area contributed by atoms with Gasteiger partial charge in [-0.1, -0.05) is 29.3 Å². The number of benzene rings is 2. The number of anilines is 1. The van der Waals surface area contributed by atoms with Gasteiger partial charge < -0.3 is 10.4 Å². The number of hydrogen-bond acceptors (Lipinski definition) is 2. The van der Waals surface area contributed by atoms with Crippen LogP contribution in [0.25, 0.3) is 0 Å². The van der Waals surface area contributed by atoms with Crippen molar-refractivity contribution in [1.29, 1.82) is 0 Å². The number of amides is 1. The number of carbonyl (C=O) groups excluding carboxylic acids is 1. The summed E-state index contributed by atoms with van der Waals surface area (Å²) in [6, 6.07) is 9.36. The lowest BCUT2D eigenvalue weighted by atomic mass is 10.2. The standard InChI is InChI=1S/C13H8BrCl2NO2/c14-9-3-1-2-8(12(9)16)13(19)17-11-5-4-7(18)6-10(11)15/h1-6,18H,(H,17,19). The highest BCUT2D eigenvalue weighted by atomic mass is 79.9. The number of carbonyl (C=O) groups is 1. The fraction of sp³-hybridized carbons (Fsp3) is 0. The second kappa shape index (κ2) is 5.82. The van der Waals surface area contributed by atoms with Gasteiger partial charge in [-0.15, -0.1) is 0 Å². The first-order valence-electron chi connectivity index (χ1n) is 5.23. The molecular weight excluding hydrogens is 353 g/mol. The van der Waals surface area contributed by atoms with E-state index < -0.39 is 0 Å². The summed E-state index contributed by atoms with van der Waals surface area (Å²) >= 11 is 15.2. The van der Waals surface area contributed by atoms with Crippen LogP contribution in [0.1, 0.15) is 10.4 Å². The van der Waals surface area contributed by atoms with Gasteiger partial charge >= 0.3 is 0 Å². The molecule has 0 aromatic heterocycles. The number of phenols is 1. The Bertz CT molecular complexity index is 647. The van der Waals surface area contributed by atoms with Gasteiger partial charge in [0.15, 0.2) is 0 Å². The Morgan fingerprint density at radius 3 is 2.63 bits per heavy atom. The molecule has 2 aromatic rings. The highest BCUT2D eigenvalue weighted by Crippen LogP contribution is 2.29. The zero-order valence-corrected chi connectivity index (χ0v) is 12.6. The first-order chi connectivity index (χ1) is 8.99. The maximum Gasteiger partial charge on any atom is 0.257 e. The zero-order chi connectivity index (χ0) is 14.0. The normalized spacial score (nSPS) is 10.3. The largest absolute Gasteiger partial charge is 0.508 e. The SMILES string of the molecule is O=C(Nc1ccc(O)cc1Cl)c1cccc(Br)c1Cl. The number of phenolic OH excluding ortho intramolecular Hbond substituents is 1. The maximum atomic E-state index is 12.1. The van der Waals surface area contributed by atoms with Gasteiger partial charge in [0, 0.05) is 10.5 Å². The minimum Gasteiger partial charge on any atom is -0.508 e. The van der Waals surface area contributed by atoms with E-state index in [1.165, 1.54) is 18.2 Å². The number of halogens is 3. The second-order valence-corrected chi connectivity index (χ2v) is 5.36. The van der Waals surface area contributed by atoms with Crippen molar-refractivity contribution in [3.05, 3.63) is 56.5 Å². The van der Waals surface area contributed by atoms with Crippen molar-refractivity contribution in [2.45, 2.75) is 0 Å². The molecule has 2 rings (SSSR count). The van der Waals surface area contributed by atoms with Gasteiger partial charge in [0.2, 0.25) is 0 Å². The summed E-state index contributed by atoms with van der Waals surface area (Å²) in [4.78, 5) is 12.1. The van der Waals surface area contributed by atoms with Crippen LogP contribution >= 0.6 is 39.1 Å². The molecule has 0 spiro atoms. The second-order valence-electron chi connectivity index (χ2n) is 3.72. The minimum atomic E-state index is -0.376. The molecular formula is C13H8BrCl2NO2. The fourth-order valence-electron chi connectivity index (χ4n) is 1.47. The molecule has 0 fully saturated rings. The molecule has 0 saturated carbocycles. The van der Waals surface area contributed by atoms with E-state index in [9.17, 15) is 9.90 Å². The van der Waals surface area contributed by atoms with E-state index in [0.717, 1.165) is 0 Å². The molecule has 0 saturated heterocycles. The van der Waals surface area contributed by atoms with E-state index in [2.05, 4.69) is 21.2 Å². The lowest BCUT2D eigenvalue weighted by Gasteiger charge is -2.09. The van der Waals surface area contributed by atoms with Crippen LogP contribution in [0.3, 0.4) is 0 Å². The molecule has 2 aromatic carbocycles. The Morgan fingerprint density at radius 1 is 1.21 bits per heavy atom. The van der Waals surface area contributed by atoms with Gasteiger partial charge in [-0.25, -0.2) is 0 Å². The van der Waals surface area contributed by atoms with Gasteiger partial charge in [0.1, 0.15) is 5.75 Å². The lowest BCUT2D eigenvalue weighted by Crippen LogP contribution is -2.12. The quantitative estimate of drug-likeness (QED) is 0.761. The third-order valence-electron chi connectivity index (χ3n) is 2.40. The van der Waals surface area contributed by atoms with E-state index in [-0.39, 0.29) is 16.7 Å². The Balaban J connectivity index is 2.28. The van der Waals surface area contributed by atoms with E-state index in [1.54, 1.807) is 18.2 Å². The monoisotopic (exact) mass is 359 g/mol. The summed E-state index contributed by atoms with van der Waals surface area (Å²) in [6.07, 6.45) is 0. The van der Waals surface area contributed by atoms with Crippen LogP contribution in [-0.2, 0) is 0 Å². The van der Waals surface area contributed by atoms with Crippen LogP contribution in [-0.4, -0.2) is 11.0 Å². The van der Waals surface area contributed by atoms with Crippen LogP contribution < -0.4 is 5.32 Å². The van der Waals surface area contributed by atoms with E-state index in [0.29, 0.717) is 20.7 Å². The molecule has 2 N–H and O–H groups in total. The van der Waals surface area contributed by atoms with Gasteiger partial charge in [0.05, 0.1) is 21.3 Å². The summed E-state index contributed by atoms with van der Waals surface area (Å²) < 4.78 is 0.638. The van der Waals surface area contributed by atoms with Crippen molar-refractivity contribution in [3.63, 3.8) is 0 Å². The van der Waals surface area contributed by atoms with Crippen molar-refractivity contribution < 1.29 is 9.90 Å². The van der Waals surface area contributed by atoms with E-state index >= 15 is 0 Å². The van der Waals surface area contributed by atoms with Crippen molar-refractivity contribution in [1.82, 2.24) is 0 Å². The smallest absolute Gasteiger partial charge is 0.257 e. The molecule has 0 aliphatic carbocycles. The van der Waals surface area contributed by atoms with Gasteiger partial charge in [0.25, 0.3) is 5.91 Å². The first kappa shape index (κ1) is 14.2. The van der Waals surface area contributed by atoms with Gasteiger partial charge in [-0.05, 0) is 40.2 Å². The summed E-state index contributed by atoms with van der Waals surface area (Å²) in [7, 11) is 0. The fourth-order valence-corrected chi connectivity index (χ4v) is 2.27. The summed E-state index contributed by atoms with van der Waals surface area (Å²) in [5.74, 6) is -0.345. The average Bonchev–Trinajstić information content (AvgIpc) is 2.36. The third-order valence-corrected chi connectivity index (χ3v) is 4.01. The molecule has 0 heterocycles. The highest BCUT2D eigenvalue weighted by Gasteiger charge is 2.13. The molecule has 98 valence electrons. The predicted octanol–water partition coefficient (Wildman–Crippen LogP) is 4.71. The van der Waals surface area contributed by atoms with Gasteiger partial charge in [-0.3, -0.25) is 4.79 Å². The number of rotatable bonds is 2. The Labute approximate surface area is 128 Å². The van der Waals surface area contributed by atoms with Gasteiger partial charge in [-0.2, -0.15) is 0 Å². The molecule has 0 aliphatic heterocycles. The molecule has 0 aliphatic rings. The van der Waals surface area contributed by atoms with Crippen molar-refractivity contribution >= 4 is 50.7 Å². The molecule has 0 atom stereocenters. The predicted molar refractivity (Wildman–Crippen MR) is 80.2 cm³/mol. The molecule has 6 heteroatoms. The average molecular weight is 361 g/mol. The Kier molecular flexibility index (Phi) is 4.34. The molecule has 1 amide bonds. The Morgan fingerprint density at radius 2 is 1.95 bits per heavy atom.